The Morgan fingerprint density at radius 3 is 2.33 bits per heavy atom. The van der Waals surface area contributed by atoms with Gasteiger partial charge < -0.3 is 4.74 Å². The molecule has 0 saturated carbocycles. The Balaban J connectivity index is 3.84. The van der Waals surface area contributed by atoms with Crippen molar-refractivity contribution < 1.29 is 13.2 Å². The van der Waals surface area contributed by atoms with E-state index in [1.807, 2.05) is 13.8 Å². The third kappa shape index (κ3) is 4.69. The Bertz CT molecular complexity index is 173. The van der Waals surface area contributed by atoms with Gasteiger partial charge in [-0.1, -0.05) is 6.92 Å². The van der Waals surface area contributed by atoms with Crippen LogP contribution in [0, 0.1) is 0 Å². The molecule has 0 amide bonds. The van der Waals surface area contributed by atoms with Gasteiger partial charge in [0.25, 0.3) is 0 Å². The van der Waals surface area contributed by atoms with Gasteiger partial charge in [-0.25, -0.2) is 12.7 Å². The van der Waals surface area contributed by atoms with Gasteiger partial charge in [0.1, 0.15) is 0 Å². The van der Waals surface area contributed by atoms with Gasteiger partial charge in [0.15, 0.2) is 0 Å². The molecule has 0 bridgehead atoms. The topological polar surface area (TPSA) is 46.6 Å². The minimum absolute atomic E-state index is 0.0212. The molecule has 1 atom stereocenters. The monoisotopic (exact) mass is 195 g/mol. The van der Waals surface area contributed by atoms with Crippen LogP contribution in [-0.2, 0) is 15.6 Å². The SMILES string of the molecule is CCO[C@@H](CC)CN(C)[SH](=O)=O. The lowest BCUT2D eigenvalue weighted by molar-refractivity contribution is 0.0505. The van der Waals surface area contributed by atoms with E-state index in [2.05, 4.69) is 0 Å². The molecule has 4 nitrogen and oxygen atoms in total. The molecule has 0 aliphatic rings. The second kappa shape index (κ2) is 6.39. The number of likely N-dealkylation sites (N-methyl/N-ethyl adjacent to an activating group) is 1. The van der Waals surface area contributed by atoms with E-state index in [1.54, 1.807) is 7.05 Å². The lowest BCUT2D eigenvalue weighted by Gasteiger charge is -2.18. The first-order valence-corrected chi connectivity index (χ1v) is 5.21. The lowest BCUT2D eigenvalue weighted by Crippen LogP contribution is -2.29. The molecule has 0 aliphatic carbocycles. The summed E-state index contributed by atoms with van der Waals surface area (Å²) in [6, 6.07) is 0. The normalized spacial score (nSPS) is 14.1. The van der Waals surface area contributed by atoms with E-state index in [4.69, 9.17) is 4.74 Å². The first-order chi connectivity index (χ1) is 5.61. The second-order valence-corrected chi connectivity index (χ2v) is 3.72. The zero-order valence-corrected chi connectivity index (χ0v) is 8.71. The molecule has 0 N–H and O–H groups in total. The molecule has 0 aromatic heterocycles. The predicted octanol–water partition coefficient (Wildman–Crippen LogP) is 0.260. The Hall–Kier alpha value is -0.130. The molecule has 0 unspecified atom stereocenters. The highest BCUT2D eigenvalue weighted by Crippen LogP contribution is 1.99. The van der Waals surface area contributed by atoms with Crippen LogP contribution in [0.5, 0.6) is 0 Å². The van der Waals surface area contributed by atoms with Crippen LogP contribution in [0.2, 0.25) is 0 Å². The number of hydrogen-bond donors (Lipinski definition) is 1. The molecule has 0 aliphatic heterocycles. The highest BCUT2D eigenvalue weighted by Gasteiger charge is 2.09. The fourth-order valence-electron chi connectivity index (χ4n) is 0.897. The van der Waals surface area contributed by atoms with E-state index in [1.165, 1.54) is 4.31 Å². The van der Waals surface area contributed by atoms with Gasteiger partial charge in [-0.15, -0.1) is 0 Å². The number of thiol groups is 1. The summed E-state index contributed by atoms with van der Waals surface area (Å²) in [7, 11) is -0.908. The maximum Gasteiger partial charge on any atom is 0.203 e. The summed E-state index contributed by atoms with van der Waals surface area (Å²) in [5.41, 5.74) is 0. The lowest BCUT2D eigenvalue weighted by atomic mass is 10.3. The summed E-state index contributed by atoms with van der Waals surface area (Å²) in [6.45, 7) is 4.96. The van der Waals surface area contributed by atoms with Gasteiger partial charge >= 0.3 is 0 Å². The first kappa shape index (κ1) is 11.9. The van der Waals surface area contributed by atoms with E-state index in [0.717, 1.165) is 6.42 Å². The summed E-state index contributed by atoms with van der Waals surface area (Å²) in [5, 5.41) is 0. The van der Waals surface area contributed by atoms with E-state index in [9.17, 15) is 8.42 Å². The van der Waals surface area contributed by atoms with Crippen molar-refractivity contribution in [1.29, 1.82) is 0 Å². The minimum Gasteiger partial charge on any atom is -0.377 e. The zero-order valence-electron chi connectivity index (χ0n) is 7.82. The molecular formula is C7H17NO3S. The third-order valence-corrected chi connectivity index (χ3v) is 2.33. The molecule has 0 spiro atoms. The van der Waals surface area contributed by atoms with Gasteiger partial charge in [-0.3, -0.25) is 0 Å². The van der Waals surface area contributed by atoms with Gasteiger partial charge in [-0.05, 0) is 13.3 Å². The summed E-state index contributed by atoms with van der Waals surface area (Å²) in [6.07, 6.45) is 0.856. The van der Waals surface area contributed by atoms with Crippen molar-refractivity contribution in [1.82, 2.24) is 4.31 Å². The molecule has 5 heteroatoms. The van der Waals surface area contributed by atoms with Gasteiger partial charge in [0.05, 0.1) is 6.10 Å². The molecule has 0 fully saturated rings. The Morgan fingerprint density at radius 2 is 2.00 bits per heavy atom. The molecule has 0 saturated heterocycles. The molecule has 74 valence electrons. The quantitative estimate of drug-likeness (QED) is 0.618. The fourth-order valence-corrected chi connectivity index (χ4v) is 1.21. The van der Waals surface area contributed by atoms with Gasteiger partial charge in [-0.2, -0.15) is 0 Å². The smallest absolute Gasteiger partial charge is 0.203 e. The molecule has 0 rings (SSSR count). The van der Waals surface area contributed by atoms with Crippen molar-refractivity contribution >= 4 is 10.9 Å². The summed E-state index contributed by atoms with van der Waals surface area (Å²) < 4.78 is 27.5. The van der Waals surface area contributed by atoms with Crippen LogP contribution in [0.25, 0.3) is 0 Å². The van der Waals surface area contributed by atoms with Crippen LogP contribution in [0.4, 0.5) is 0 Å². The summed E-state index contributed by atoms with van der Waals surface area (Å²) in [4.78, 5) is 0. The molecule has 0 heterocycles. The van der Waals surface area contributed by atoms with E-state index < -0.39 is 10.9 Å². The average Bonchev–Trinajstić information content (AvgIpc) is 2.03. The van der Waals surface area contributed by atoms with Crippen molar-refractivity contribution in [3.05, 3.63) is 0 Å². The highest BCUT2D eigenvalue weighted by atomic mass is 32.2. The second-order valence-electron chi connectivity index (χ2n) is 2.56. The van der Waals surface area contributed by atoms with Crippen LogP contribution in [0.3, 0.4) is 0 Å². The van der Waals surface area contributed by atoms with E-state index >= 15 is 0 Å². The van der Waals surface area contributed by atoms with Crippen LogP contribution in [0.15, 0.2) is 0 Å². The minimum atomic E-state index is -2.46. The van der Waals surface area contributed by atoms with Crippen molar-refractivity contribution in [3.63, 3.8) is 0 Å². The highest BCUT2D eigenvalue weighted by molar-refractivity contribution is 7.69. The zero-order chi connectivity index (χ0) is 9.56. The number of rotatable bonds is 6. The standard InChI is InChI=1S/C7H17NO3S/c1-4-7(11-5-2)6-8(3)12(9)10/h7,12H,4-6H2,1-3H3/t7-/m0/s1. The molecular weight excluding hydrogens is 178 g/mol. The van der Waals surface area contributed by atoms with Crippen LogP contribution >= 0.6 is 0 Å². The Kier molecular flexibility index (Phi) is 6.32. The molecule has 0 aromatic rings. The average molecular weight is 195 g/mol. The predicted molar refractivity (Wildman–Crippen MR) is 48.6 cm³/mol. The molecule has 0 aromatic carbocycles. The summed E-state index contributed by atoms with van der Waals surface area (Å²) >= 11 is 0. The largest absolute Gasteiger partial charge is 0.377 e. The fraction of sp³-hybridized carbons (Fsp3) is 1.00. The number of nitrogens with zero attached hydrogens (tertiary/aromatic N) is 1. The Morgan fingerprint density at radius 1 is 1.42 bits per heavy atom. The van der Waals surface area contributed by atoms with Crippen molar-refractivity contribution in [2.24, 2.45) is 0 Å². The Labute approximate surface area is 75.6 Å². The molecule has 0 radical (unpaired) electrons. The molecule has 12 heavy (non-hydrogen) atoms. The van der Waals surface area contributed by atoms with Crippen molar-refractivity contribution in [3.8, 4) is 0 Å². The number of hydrogen-bond acceptors (Lipinski definition) is 3. The maximum absolute atomic E-state index is 10.5. The van der Waals surface area contributed by atoms with E-state index in [0.29, 0.717) is 13.2 Å². The van der Waals surface area contributed by atoms with Crippen LogP contribution in [0.1, 0.15) is 20.3 Å². The van der Waals surface area contributed by atoms with Crippen LogP contribution < -0.4 is 0 Å². The van der Waals surface area contributed by atoms with Crippen LogP contribution in [-0.4, -0.2) is 39.0 Å². The van der Waals surface area contributed by atoms with Gasteiger partial charge in [0.2, 0.25) is 10.9 Å². The van der Waals surface area contributed by atoms with Gasteiger partial charge in [0, 0.05) is 20.2 Å². The maximum atomic E-state index is 10.5. The first-order valence-electron chi connectivity index (χ1n) is 4.08. The third-order valence-electron chi connectivity index (χ3n) is 1.60. The summed E-state index contributed by atoms with van der Waals surface area (Å²) in [5.74, 6) is 0. The van der Waals surface area contributed by atoms with Crippen molar-refractivity contribution in [2.75, 3.05) is 20.2 Å². The number of ether oxygens (including phenoxy) is 1. The van der Waals surface area contributed by atoms with Crippen molar-refractivity contribution in [2.45, 2.75) is 26.4 Å². The van der Waals surface area contributed by atoms with E-state index in [-0.39, 0.29) is 6.10 Å².